The number of nitrogens with zero attached hydrogens (tertiary/aromatic N) is 1. The number of para-hydroxylation sites is 1. The third-order valence-corrected chi connectivity index (χ3v) is 4.39. The Hall–Kier alpha value is -2.00. The van der Waals surface area contributed by atoms with Crippen molar-refractivity contribution < 1.29 is 0 Å². The van der Waals surface area contributed by atoms with Crippen LogP contribution in [0.3, 0.4) is 0 Å². The monoisotopic (exact) mass is 296 g/mol. The molecule has 3 rings (SSSR count). The van der Waals surface area contributed by atoms with E-state index in [2.05, 4.69) is 77.0 Å². The first-order valence-corrected chi connectivity index (χ1v) is 8.26. The largest absolute Gasteiger partial charge is 0.380 e. The quantitative estimate of drug-likeness (QED) is 0.658. The molecule has 0 aliphatic rings. The lowest BCUT2D eigenvalue weighted by atomic mass is 10.1. The van der Waals surface area contributed by atoms with Crippen molar-refractivity contribution in [1.29, 1.82) is 0 Å². The van der Waals surface area contributed by atoms with E-state index in [1.807, 2.05) is 0 Å². The van der Waals surface area contributed by atoms with E-state index in [0.717, 1.165) is 13.1 Å². The zero-order valence-electron chi connectivity index (χ0n) is 12.3. The molecule has 3 aromatic rings. The number of nitrogens with one attached hydrogen (secondary N) is 1. The second-order valence-corrected chi connectivity index (χ2v) is 6.08. The fraction of sp³-hybridized carbons (Fsp3) is 0.222. The molecule has 0 aliphatic carbocycles. The highest BCUT2D eigenvalue weighted by atomic mass is 32.1. The van der Waals surface area contributed by atoms with Gasteiger partial charge in [-0.1, -0.05) is 31.2 Å². The topological polar surface area (TPSA) is 17.0 Å². The molecule has 0 aliphatic heterocycles. The first kappa shape index (κ1) is 14.0. The number of hydrogen-bond donors (Lipinski definition) is 1. The lowest BCUT2D eigenvalue weighted by molar-refractivity contribution is 0.682. The molecule has 0 spiro atoms. The Labute approximate surface area is 130 Å². The summed E-state index contributed by atoms with van der Waals surface area (Å²) < 4.78 is 2.25. The van der Waals surface area contributed by atoms with Crippen molar-refractivity contribution in [2.75, 3.05) is 5.32 Å². The first-order chi connectivity index (χ1) is 10.4. The van der Waals surface area contributed by atoms with E-state index in [9.17, 15) is 0 Å². The molecule has 0 bridgehead atoms. The van der Waals surface area contributed by atoms with Crippen molar-refractivity contribution in [1.82, 2.24) is 4.57 Å². The van der Waals surface area contributed by atoms with E-state index in [4.69, 9.17) is 0 Å². The van der Waals surface area contributed by atoms with E-state index in [-0.39, 0.29) is 0 Å². The predicted octanol–water partition coefficient (Wildman–Crippen LogP) is 5.24. The van der Waals surface area contributed by atoms with Crippen molar-refractivity contribution in [2.45, 2.75) is 26.4 Å². The van der Waals surface area contributed by atoms with Crippen molar-refractivity contribution in [3.63, 3.8) is 0 Å². The van der Waals surface area contributed by atoms with Crippen LogP contribution in [-0.4, -0.2) is 4.57 Å². The number of aryl methyl sites for hydroxylation is 1. The summed E-state index contributed by atoms with van der Waals surface area (Å²) in [5.74, 6) is 0. The molecule has 3 heteroatoms. The second kappa shape index (κ2) is 6.64. The van der Waals surface area contributed by atoms with E-state index in [0.29, 0.717) is 0 Å². The second-order valence-electron chi connectivity index (χ2n) is 5.13. The number of rotatable bonds is 6. The van der Waals surface area contributed by atoms with Gasteiger partial charge in [0.05, 0.1) is 0 Å². The van der Waals surface area contributed by atoms with Gasteiger partial charge >= 0.3 is 0 Å². The third-order valence-electron chi connectivity index (χ3n) is 3.49. The molecular formula is C18H20N2S. The summed E-state index contributed by atoms with van der Waals surface area (Å²) in [6.07, 6.45) is 5.55. The normalized spacial score (nSPS) is 10.7. The van der Waals surface area contributed by atoms with Gasteiger partial charge in [-0.05, 0) is 35.6 Å². The van der Waals surface area contributed by atoms with Crippen LogP contribution in [0.15, 0.2) is 60.2 Å². The number of aromatic nitrogens is 1. The molecule has 2 aromatic heterocycles. The fourth-order valence-electron chi connectivity index (χ4n) is 2.47. The van der Waals surface area contributed by atoms with Crippen LogP contribution < -0.4 is 5.32 Å². The lowest BCUT2D eigenvalue weighted by Crippen LogP contribution is -2.00. The minimum Gasteiger partial charge on any atom is -0.380 e. The number of anilines is 1. The number of hydrogen-bond acceptors (Lipinski definition) is 2. The van der Waals surface area contributed by atoms with Crippen LogP contribution >= 0.6 is 11.3 Å². The lowest BCUT2D eigenvalue weighted by Gasteiger charge is -2.10. The van der Waals surface area contributed by atoms with Gasteiger partial charge < -0.3 is 9.88 Å². The van der Waals surface area contributed by atoms with Gasteiger partial charge in [-0.15, -0.1) is 11.3 Å². The van der Waals surface area contributed by atoms with Crippen molar-refractivity contribution in [3.05, 3.63) is 65.8 Å². The zero-order chi connectivity index (χ0) is 14.5. The van der Waals surface area contributed by atoms with E-state index < -0.39 is 0 Å². The van der Waals surface area contributed by atoms with Gasteiger partial charge in [0, 0.05) is 41.6 Å². The molecule has 0 radical (unpaired) electrons. The molecule has 0 fully saturated rings. The summed E-state index contributed by atoms with van der Waals surface area (Å²) in [7, 11) is 0. The Morgan fingerprint density at radius 1 is 1.10 bits per heavy atom. The SMILES string of the molecule is CCCn1ccc(CNc2ccccc2-c2cccs2)c1. The fourth-order valence-corrected chi connectivity index (χ4v) is 3.24. The van der Waals surface area contributed by atoms with E-state index >= 15 is 0 Å². The molecular weight excluding hydrogens is 276 g/mol. The minimum absolute atomic E-state index is 0.860. The van der Waals surface area contributed by atoms with Gasteiger partial charge in [-0.2, -0.15) is 0 Å². The third kappa shape index (κ3) is 3.37. The van der Waals surface area contributed by atoms with Crippen LogP contribution in [0.4, 0.5) is 5.69 Å². The molecule has 21 heavy (non-hydrogen) atoms. The molecule has 108 valence electrons. The molecule has 2 heterocycles. The predicted molar refractivity (Wildman–Crippen MR) is 91.8 cm³/mol. The molecule has 0 saturated carbocycles. The van der Waals surface area contributed by atoms with Gasteiger partial charge in [0.2, 0.25) is 0 Å². The van der Waals surface area contributed by atoms with Crippen molar-refractivity contribution in [2.24, 2.45) is 0 Å². The summed E-state index contributed by atoms with van der Waals surface area (Å²) in [5.41, 5.74) is 3.80. The van der Waals surface area contributed by atoms with E-state index in [1.165, 1.54) is 28.1 Å². The maximum absolute atomic E-state index is 3.57. The number of thiophene rings is 1. The van der Waals surface area contributed by atoms with Crippen LogP contribution in [0.25, 0.3) is 10.4 Å². The summed E-state index contributed by atoms with van der Waals surface area (Å²) >= 11 is 1.78. The minimum atomic E-state index is 0.860. The molecule has 1 aromatic carbocycles. The van der Waals surface area contributed by atoms with E-state index in [1.54, 1.807) is 11.3 Å². The molecule has 2 nitrogen and oxygen atoms in total. The molecule has 0 atom stereocenters. The summed E-state index contributed by atoms with van der Waals surface area (Å²) in [6.45, 7) is 4.15. The Balaban J connectivity index is 1.73. The number of benzene rings is 1. The highest BCUT2D eigenvalue weighted by molar-refractivity contribution is 7.13. The zero-order valence-corrected chi connectivity index (χ0v) is 13.1. The summed E-state index contributed by atoms with van der Waals surface area (Å²) in [4.78, 5) is 1.31. The van der Waals surface area contributed by atoms with Crippen molar-refractivity contribution >= 4 is 17.0 Å². The smallest absolute Gasteiger partial charge is 0.0430 e. The van der Waals surface area contributed by atoms with Crippen LogP contribution in [0.2, 0.25) is 0 Å². The van der Waals surface area contributed by atoms with Crippen LogP contribution in [0.5, 0.6) is 0 Å². The molecule has 1 N–H and O–H groups in total. The first-order valence-electron chi connectivity index (χ1n) is 7.38. The molecule has 0 unspecified atom stereocenters. The Bertz CT molecular complexity index is 683. The highest BCUT2D eigenvalue weighted by Crippen LogP contribution is 2.31. The van der Waals surface area contributed by atoms with Gasteiger partial charge in [-0.25, -0.2) is 0 Å². The highest BCUT2D eigenvalue weighted by Gasteiger charge is 2.05. The molecule has 0 amide bonds. The van der Waals surface area contributed by atoms with Crippen LogP contribution in [0.1, 0.15) is 18.9 Å². The van der Waals surface area contributed by atoms with Gasteiger partial charge in [0.25, 0.3) is 0 Å². The van der Waals surface area contributed by atoms with Crippen molar-refractivity contribution in [3.8, 4) is 10.4 Å². The van der Waals surface area contributed by atoms with Crippen LogP contribution in [0, 0.1) is 0 Å². The maximum atomic E-state index is 3.57. The summed E-state index contributed by atoms with van der Waals surface area (Å²) in [5, 5.41) is 5.69. The standard InChI is InChI=1S/C18H20N2S/c1-2-10-20-11-9-15(14-20)13-19-17-7-4-3-6-16(17)18-8-5-12-21-18/h3-9,11-12,14,19H,2,10,13H2,1H3. The Morgan fingerprint density at radius 2 is 2.00 bits per heavy atom. The average molecular weight is 296 g/mol. The van der Waals surface area contributed by atoms with Crippen LogP contribution in [-0.2, 0) is 13.1 Å². The van der Waals surface area contributed by atoms with Gasteiger partial charge in [0.1, 0.15) is 0 Å². The van der Waals surface area contributed by atoms with Gasteiger partial charge in [-0.3, -0.25) is 0 Å². The molecule has 0 saturated heterocycles. The maximum Gasteiger partial charge on any atom is 0.0430 e. The average Bonchev–Trinajstić information content (AvgIpc) is 3.17. The summed E-state index contributed by atoms with van der Waals surface area (Å²) in [6, 6.07) is 15.0. The van der Waals surface area contributed by atoms with Gasteiger partial charge in [0.15, 0.2) is 0 Å². The Kier molecular flexibility index (Phi) is 4.41. The Morgan fingerprint density at radius 3 is 2.81 bits per heavy atom.